The van der Waals surface area contributed by atoms with Crippen LogP contribution in [0.4, 0.5) is 0 Å². The number of hydrogen-bond donors (Lipinski definition) is 6. The highest BCUT2D eigenvalue weighted by atomic mass is 32.2. The molecule has 7 N–H and O–H groups in total. The summed E-state index contributed by atoms with van der Waals surface area (Å²) in [4.78, 5) is 40.9. The van der Waals surface area contributed by atoms with Gasteiger partial charge in [-0.3, -0.25) is 19.3 Å². The Balaban J connectivity index is 1.91. The standard InChI is InChI=1S/C29H39N3O7S/c1-28(2,3)12-31-10-14-7-15(11-40-6)22(33)19-16(14)8-13-9-17-21(32(4)5)24(35)20(27(30)38)26(37)29(17,39)25(36)18(13)23(19)34/h7,13,17,21,31,33-34,37,39H,8-12H2,1-6H3,(H2,30,38)/t13-,17-,21-,29-/m0/s1. The number of hydrogen-bond acceptors (Lipinski definition) is 10. The second-order valence-electron chi connectivity index (χ2n) is 12.5. The van der Waals surface area contributed by atoms with Crippen LogP contribution in [0.1, 0.15) is 49.4 Å². The number of rotatable bonds is 7. The fourth-order valence-electron chi connectivity index (χ4n) is 6.45. The van der Waals surface area contributed by atoms with E-state index in [-0.39, 0.29) is 35.1 Å². The van der Waals surface area contributed by atoms with Gasteiger partial charge < -0.3 is 31.5 Å². The van der Waals surface area contributed by atoms with Gasteiger partial charge in [0.1, 0.15) is 22.8 Å². The van der Waals surface area contributed by atoms with Crippen LogP contribution in [0.15, 0.2) is 23.0 Å². The number of primary amides is 1. The van der Waals surface area contributed by atoms with Crippen LogP contribution in [0.25, 0.3) is 5.76 Å². The quantitative estimate of drug-likeness (QED) is 0.265. The summed E-state index contributed by atoms with van der Waals surface area (Å²) in [6.45, 7) is 7.54. The molecule has 3 aliphatic rings. The van der Waals surface area contributed by atoms with E-state index in [0.717, 1.165) is 12.1 Å². The molecular formula is C29H39N3O7S. The monoisotopic (exact) mass is 573 g/mol. The number of nitrogens with two attached hydrogens (primary N) is 1. The van der Waals surface area contributed by atoms with Gasteiger partial charge in [0.2, 0.25) is 5.78 Å². The molecule has 0 aliphatic heterocycles. The molecule has 1 amide bonds. The molecule has 218 valence electrons. The van der Waals surface area contributed by atoms with E-state index in [1.165, 1.54) is 16.7 Å². The highest BCUT2D eigenvalue weighted by molar-refractivity contribution is 7.97. The summed E-state index contributed by atoms with van der Waals surface area (Å²) in [6.07, 6.45) is 2.23. The summed E-state index contributed by atoms with van der Waals surface area (Å²) in [5.41, 5.74) is 4.11. The van der Waals surface area contributed by atoms with E-state index in [1.54, 1.807) is 14.1 Å². The predicted molar refractivity (Wildman–Crippen MR) is 153 cm³/mol. The zero-order valence-electron chi connectivity index (χ0n) is 23.8. The average molecular weight is 574 g/mol. The van der Waals surface area contributed by atoms with Gasteiger partial charge in [-0.05, 0) is 61.7 Å². The van der Waals surface area contributed by atoms with Crippen molar-refractivity contribution in [1.29, 1.82) is 0 Å². The van der Waals surface area contributed by atoms with Crippen molar-refractivity contribution in [2.45, 2.75) is 57.6 Å². The molecule has 1 fully saturated rings. The number of aromatic hydroxyl groups is 1. The number of carbonyl (C=O) groups is 3. The number of thioether (sulfide) groups is 1. The van der Waals surface area contributed by atoms with Crippen molar-refractivity contribution in [3.05, 3.63) is 45.2 Å². The number of fused-ring (bicyclic) bond motifs is 3. The number of Topliss-reactive ketones (excluding diaryl/α,β-unsaturated/α-hetero) is 2. The Morgan fingerprint density at radius 1 is 1.20 bits per heavy atom. The zero-order valence-corrected chi connectivity index (χ0v) is 24.6. The number of phenolic OH excluding ortho intramolecular Hbond substituents is 1. The van der Waals surface area contributed by atoms with E-state index in [1.807, 2.05) is 12.3 Å². The highest BCUT2D eigenvalue weighted by Gasteiger charge is 2.64. The van der Waals surface area contributed by atoms with Gasteiger partial charge in [0.05, 0.1) is 11.6 Å². The third-order valence-electron chi connectivity index (χ3n) is 8.16. The van der Waals surface area contributed by atoms with Crippen molar-refractivity contribution < 1.29 is 34.8 Å². The molecule has 1 aromatic rings. The minimum absolute atomic E-state index is 0.0303. The minimum atomic E-state index is -2.64. The maximum atomic E-state index is 14.0. The molecule has 0 spiro atoms. The van der Waals surface area contributed by atoms with Crippen LogP contribution in [0.2, 0.25) is 0 Å². The summed E-state index contributed by atoms with van der Waals surface area (Å²) in [5, 5.41) is 49.0. The van der Waals surface area contributed by atoms with E-state index in [2.05, 4.69) is 26.1 Å². The molecule has 4 atom stereocenters. The van der Waals surface area contributed by atoms with Crippen molar-refractivity contribution in [2.24, 2.45) is 23.0 Å². The molecule has 1 saturated carbocycles. The number of aliphatic hydroxyl groups excluding tert-OH is 2. The average Bonchev–Trinajstić information content (AvgIpc) is 2.83. The number of carbonyl (C=O) groups excluding carboxylic acids is 3. The van der Waals surface area contributed by atoms with Crippen molar-refractivity contribution >= 4 is 35.0 Å². The fraction of sp³-hybridized carbons (Fsp3) is 0.552. The largest absolute Gasteiger partial charge is 0.508 e. The Hall–Kier alpha value is -2.86. The molecule has 40 heavy (non-hydrogen) atoms. The Kier molecular flexibility index (Phi) is 7.92. The first kappa shape index (κ1) is 30.1. The zero-order chi connectivity index (χ0) is 29.9. The molecule has 0 unspecified atom stereocenters. The number of ketones is 2. The Labute approximate surface area is 238 Å². The first-order valence-corrected chi connectivity index (χ1v) is 14.7. The second kappa shape index (κ2) is 10.5. The number of nitrogens with zero attached hydrogens (tertiary/aromatic N) is 1. The maximum absolute atomic E-state index is 14.0. The van der Waals surface area contributed by atoms with Crippen molar-refractivity contribution in [3.63, 3.8) is 0 Å². The third kappa shape index (κ3) is 4.72. The van der Waals surface area contributed by atoms with Gasteiger partial charge in [-0.2, -0.15) is 11.8 Å². The molecule has 0 bridgehead atoms. The van der Waals surface area contributed by atoms with Gasteiger partial charge in [-0.1, -0.05) is 20.8 Å². The van der Waals surface area contributed by atoms with Gasteiger partial charge in [-0.25, -0.2) is 0 Å². The topological polar surface area (TPSA) is 173 Å². The number of aliphatic hydroxyl groups is 3. The van der Waals surface area contributed by atoms with Crippen LogP contribution in [0.3, 0.4) is 0 Å². The number of nitrogens with one attached hydrogen (secondary N) is 1. The first-order valence-electron chi connectivity index (χ1n) is 13.3. The molecule has 0 radical (unpaired) electrons. The van der Waals surface area contributed by atoms with Crippen LogP contribution in [-0.2, 0) is 33.1 Å². The predicted octanol–water partition coefficient (Wildman–Crippen LogP) is 1.96. The molecule has 11 heteroatoms. The minimum Gasteiger partial charge on any atom is -0.508 e. The van der Waals surface area contributed by atoms with Gasteiger partial charge in [0, 0.05) is 35.9 Å². The van der Waals surface area contributed by atoms with Gasteiger partial charge in [-0.15, -0.1) is 0 Å². The Morgan fingerprint density at radius 3 is 2.40 bits per heavy atom. The van der Waals surface area contributed by atoms with Crippen molar-refractivity contribution in [3.8, 4) is 5.75 Å². The third-order valence-corrected chi connectivity index (χ3v) is 8.76. The number of likely N-dealkylation sites (N-methyl/N-ethyl adjacent to an activating group) is 1. The van der Waals surface area contributed by atoms with Crippen LogP contribution >= 0.6 is 11.8 Å². The van der Waals surface area contributed by atoms with Crippen LogP contribution in [-0.4, -0.2) is 81.3 Å². The van der Waals surface area contributed by atoms with Crippen LogP contribution in [0.5, 0.6) is 5.75 Å². The Bertz CT molecular complexity index is 1340. The summed E-state index contributed by atoms with van der Waals surface area (Å²) >= 11 is 1.50. The lowest BCUT2D eigenvalue weighted by atomic mass is 9.57. The SMILES string of the molecule is CSCc1cc(CNCC(C)(C)C)c2c(c1O)C(O)=C1C(=O)[C@]3(O)C(O)=C(C(N)=O)C(=O)[C@@H](N(C)C)[C@@H]3C[C@@H]1C2. The molecule has 1 aromatic carbocycles. The summed E-state index contributed by atoms with van der Waals surface area (Å²) in [5.74, 6) is -5.95. The van der Waals surface area contributed by atoms with Gasteiger partial charge >= 0.3 is 0 Å². The molecule has 3 aliphatic carbocycles. The number of amides is 1. The second-order valence-corrected chi connectivity index (χ2v) is 13.3. The molecule has 0 heterocycles. The molecule has 4 rings (SSSR count). The van der Waals surface area contributed by atoms with Crippen LogP contribution < -0.4 is 11.1 Å². The lowest BCUT2D eigenvalue weighted by Crippen LogP contribution is -2.65. The smallest absolute Gasteiger partial charge is 0.255 e. The van der Waals surface area contributed by atoms with E-state index < -0.39 is 58.0 Å². The van der Waals surface area contributed by atoms with Crippen LogP contribution in [0, 0.1) is 17.3 Å². The lowest BCUT2D eigenvalue weighted by Gasteiger charge is -2.50. The number of benzene rings is 1. The summed E-state index contributed by atoms with van der Waals surface area (Å²) in [6, 6.07) is 0.808. The molecule has 0 aromatic heterocycles. The van der Waals surface area contributed by atoms with E-state index in [0.29, 0.717) is 23.4 Å². The van der Waals surface area contributed by atoms with Crippen molar-refractivity contribution in [2.75, 3.05) is 26.9 Å². The van der Waals surface area contributed by atoms with Crippen molar-refractivity contribution in [1.82, 2.24) is 10.2 Å². The van der Waals surface area contributed by atoms with Gasteiger partial charge in [0.15, 0.2) is 11.4 Å². The van der Waals surface area contributed by atoms with E-state index in [4.69, 9.17) is 5.73 Å². The van der Waals surface area contributed by atoms with E-state index >= 15 is 0 Å². The highest BCUT2D eigenvalue weighted by Crippen LogP contribution is 2.53. The summed E-state index contributed by atoms with van der Waals surface area (Å²) in [7, 11) is 3.16. The summed E-state index contributed by atoms with van der Waals surface area (Å²) < 4.78 is 0. The van der Waals surface area contributed by atoms with Gasteiger partial charge in [0.25, 0.3) is 5.91 Å². The fourth-order valence-corrected chi connectivity index (χ4v) is 6.98. The maximum Gasteiger partial charge on any atom is 0.255 e. The lowest BCUT2D eigenvalue weighted by molar-refractivity contribution is -0.153. The normalized spacial score (nSPS) is 26.6. The molecular weight excluding hydrogens is 534 g/mol. The number of phenols is 1. The Morgan fingerprint density at radius 2 is 1.85 bits per heavy atom. The molecule has 0 saturated heterocycles. The molecule has 10 nitrogen and oxygen atoms in total. The first-order chi connectivity index (χ1) is 18.6. The van der Waals surface area contributed by atoms with E-state index in [9.17, 15) is 34.8 Å².